The minimum atomic E-state index is 0.159. The molecule has 0 saturated heterocycles. The van der Waals surface area contributed by atoms with Crippen LogP contribution in [0.4, 0.5) is 0 Å². The molecule has 0 aliphatic rings. The highest BCUT2D eigenvalue weighted by Gasteiger charge is 2.01. The van der Waals surface area contributed by atoms with E-state index in [1.165, 1.54) is 5.56 Å². The molecule has 0 amide bonds. The molecule has 1 unspecified atom stereocenters. The first-order chi connectivity index (χ1) is 7.76. The van der Waals surface area contributed by atoms with E-state index >= 15 is 0 Å². The lowest BCUT2D eigenvalue weighted by atomic mass is 10.1. The molecule has 0 fully saturated rings. The van der Waals surface area contributed by atoms with Crippen LogP contribution in [0.25, 0.3) is 0 Å². The van der Waals surface area contributed by atoms with Crippen LogP contribution in [0.15, 0.2) is 24.3 Å². The summed E-state index contributed by atoms with van der Waals surface area (Å²) < 4.78 is 10.5. The van der Waals surface area contributed by atoms with Gasteiger partial charge in [-0.1, -0.05) is 19.1 Å². The van der Waals surface area contributed by atoms with Crippen LogP contribution in [-0.2, 0) is 11.2 Å². The SMILES string of the molecule is COCCc1ccc(OCC(C)CO)cc1. The Morgan fingerprint density at radius 3 is 2.50 bits per heavy atom. The first-order valence-corrected chi connectivity index (χ1v) is 5.57. The number of aliphatic hydroxyl groups is 1. The topological polar surface area (TPSA) is 38.7 Å². The molecule has 0 saturated carbocycles. The molecular weight excluding hydrogens is 204 g/mol. The minimum Gasteiger partial charge on any atom is -0.493 e. The van der Waals surface area contributed by atoms with Crippen LogP contribution in [0.1, 0.15) is 12.5 Å². The van der Waals surface area contributed by atoms with Gasteiger partial charge in [0, 0.05) is 19.6 Å². The van der Waals surface area contributed by atoms with E-state index < -0.39 is 0 Å². The van der Waals surface area contributed by atoms with E-state index in [1.807, 2.05) is 31.2 Å². The molecule has 0 aliphatic carbocycles. The van der Waals surface area contributed by atoms with Crippen LogP contribution in [0.3, 0.4) is 0 Å². The van der Waals surface area contributed by atoms with Gasteiger partial charge >= 0.3 is 0 Å². The highest BCUT2D eigenvalue weighted by molar-refractivity contribution is 5.27. The average Bonchev–Trinajstić information content (AvgIpc) is 2.34. The van der Waals surface area contributed by atoms with Crippen LogP contribution in [0.2, 0.25) is 0 Å². The van der Waals surface area contributed by atoms with Crippen LogP contribution in [0, 0.1) is 5.92 Å². The Hall–Kier alpha value is -1.06. The average molecular weight is 224 g/mol. The molecule has 0 bridgehead atoms. The minimum absolute atomic E-state index is 0.159. The number of aliphatic hydroxyl groups excluding tert-OH is 1. The van der Waals surface area contributed by atoms with Gasteiger partial charge in [0.15, 0.2) is 0 Å². The van der Waals surface area contributed by atoms with Crippen molar-refractivity contribution in [1.29, 1.82) is 0 Å². The summed E-state index contributed by atoms with van der Waals surface area (Å²) in [5.74, 6) is 1.02. The van der Waals surface area contributed by atoms with Crippen molar-refractivity contribution in [3.8, 4) is 5.75 Å². The Balaban J connectivity index is 2.38. The van der Waals surface area contributed by atoms with Crippen molar-refractivity contribution in [2.75, 3.05) is 26.9 Å². The smallest absolute Gasteiger partial charge is 0.119 e. The van der Waals surface area contributed by atoms with Crippen molar-refractivity contribution in [3.05, 3.63) is 29.8 Å². The van der Waals surface area contributed by atoms with Gasteiger partial charge in [0.1, 0.15) is 5.75 Å². The van der Waals surface area contributed by atoms with E-state index in [2.05, 4.69) is 0 Å². The predicted molar refractivity (Wildman–Crippen MR) is 63.8 cm³/mol. The van der Waals surface area contributed by atoms with E-state index in [9.17, 15) is 0 Å². The normalized spacial score (nSPS) is 12.4. The third-order valence-electron chi connectivity index (χ3n) is 2.36. The molecule has 16 heavy (non-hydrogen) atoms. The maximum Gasteiger partial charge on any atom is 0.119 e. The summed E-state index contributed by atoms with van der Waals surface area (Å²) in [4.78, 5) is 0. The molecule has 1 aromatic carbocycles. The Kier molecular flexibility index (Phi) is 5.90. The zero-order chi connectivity index (χ0) is 11.8. The lowest BCUT2D eigenvalue weighted by Gasteiger charge is -2.10. The summed E-state index contributed by atoms with van der Waals surface area (Å²) in [6, 6.07) is 7.99. The molecule has 3 heteroatoms. The van der Waals surface area contributed by atoms with E-state index in [4.69, 9.17) is 14.6 Å². The van der Waals surface area contributed by atoms with Gasteiger partial charge in [-0.05, 0) is 24.1 Å². The number of hydrogen-bond donors (Lipinski definition) is 1. The molecule has 1 aromatic rings. The van der Waals surface area contributed by atoms with Crippen LogP contribution in [0.5, 0.6) is 5.75 Å². The number of hydrogen-bond acceptors (Lipinski definition) is 3. The highest BCUT2D eigenvalue weighted by Crippen LogP contribution is 2.13. The summed E-state index contributed by atoms with van der Waals surface area (Å²) in [6.07, 6.45) is 0.920. The van der Waals surface area contributed by atoms with Gasteiger partial charge in [-0.15, -0.1) is 0 Å². The predicted octanol–water partition coefficient (Wildman–Crippen LogP) is 1.88. The van der Waals surface area contributed by atoms with Crippen molar-refractivity contribution in [2.45, 2.75) is 13.3 Å². The van der Waals surface area contributed by atoms with E-state index in [-0.39, 0.29) is 12.5 Å². The largest absolute Gasteiger partial charge is 0.493 e. The second-order valence-electron chi connectivity index (χ2n) is 3.99. The zero-order valence-electron chi connectivity index (χ0n) is 9.98. The van der Waals surface area contributed by atoms with Gasteiger partial charge < -0.3 is 14.6 Å². The molecule has 90 valence electrons. The molecule has 1 atom stereocenters. The standard InChI is InChI=1S/C13H20O3/c1-11(9-14)10-16-13-5-3-12(4-6-13)7-8-15-2/h3-6,11,14H,7-10H2,1-2H3. The van der Waals surface area contributed by atoms with Gasteiger partial charge in [-0.3, -0.25) is 0 Å². The first-order valence-electron chi connectivity index (χ1n) is 5.57. The molecule has 0 spiro atoms. The fourth-order valence-corrected chi connectivity index (χ4v) is 1.26. The third-order valence-corrected chi connectivity index (χ3v) is 2.36. The van der Waals surface area contributed by atoms with E-state index in [0.717, 1.165) is 18.8 Å². The van der Waals surface area contributed by atoms with Crippen molar-refractivity contribution in [2.24, 2.45) is 5.92 Å². The second-order valence-corrected chi connectivity index (χ2v) is 3.99. The fraction of sp³-hybridized carbons (Fsp3) is 0.538. The number of benzene rings is 1. The van der Waals surface area contributed by atoms with Crippen LogP contribution >= 0.6 is 0 Å². The maximum atomic E-state index is 8.86. The molecular formula is C13H20O3. The molecule has 3 nitrogen and oxygen atoms in total. The Bertz CT molecular complexity index is 282. The molecule has 1 rings (SSSR count). The fourth-order valence-electron chi connectivity index (χ4n) is 1.26. The monoisotopic (exact) mass is 224 g/mol. The number of ether oxygens (including phenoxy) is 2. The highest BCUT2D eigenvalue weighted by atomic mass is 16.5. The summed E-state index contributed by atoms with van der Waals surface area (Å²) >= 11 is 0. The van der Waals surface area contributed by atoms with E-state index in [1.54, 1.807) is 7.11 Å². The maximum absolute atomic E-state index is 8.86. The molecule has 0 aromatic heterocycles. The Morgan fingerprint density at radius 1 is 1.25 bits per heavy atom. The molecule has 0 aliphatic heterocycles. The van der Waals surface area contributed by atoms with Crippen molar-refractivity contribution >= 4 is 0 Å². The summed E-state index contributed by atoms with van der Waals surface area (Å²) in [6.45, 7) is 3.40. The van der Waals surface area contributed by atoms with Crippen molar-refractivity contribution in [1.82, 2.24) is 0 Å². The van der Waals surface area contributed by atoms with Gasteiger partial charge in [0.05, 0.1) is 13.2 Å². The van der Waals surface area contributed by atoms with E-state index in [0.29, 0.717) is 6.61 Å². The van der Waals surface area contributed by atoms with Crippen LogP contribution in [-0.4, -0.2) is 32.0 Å². The number of rotatable bonds is 7. The van der Waals surface area contributed by atoms with Crippen molar-refractivity contribution in [3.63, 3.8) is 0 Å². The zero-order valence-corrected chi connectivity index (χ0v) is 9.98. The third kappa shape index (κ3) is 4.64. The van der Waals surface area contributed by atoms with Gasteiger partial charge in [-0.2, -0.15) is 0 Å². The van der Waals surface area contributed by atoms with Gasteiger partial charge in [0.25, 0.3) is 0 Å². The second kappa shape index (κ2) is 7.25. The molecule has 0 radical (unpaired) electrons. The molecule has 1 N–H and O–H groups in total. The Labute approximate surface area is 97.0 Å². The van der Waals surface area contributed by atoms with Gasteiger partial charge in [0.2, 0.25) is 0 Å². The van der Waals surface area contributed by atoms with Gasteiger partial charge in [-0.25, -0.2) is 0 Å². The lowest BCUT2D eigenvalue weighted by Crippen LogP contribution is -2.12. The van der Waals surface area contributed by atoms with Crippen LogP contribution < -0.4 is 4.74 Å². The molecule has 0 heterocycles. The number of methoxy groups -OCH3 is 1. The first kappa shape index (κ1) is 13.0. The Morgan fingerprint density at radius 2 is 1.94 bits per heavy atom. The lowest BCUT2D eigenvalue weighted by molar-refractivity contribution is 0.174. The van der Waals surface area contributed by atoms with Crippen molar-refractivity contribution < 1.29 is 14.6 Å². The summed E-state index contributed by atoms with van der Waals surface area (Å²) in [7, 11) is 1.70. The summed E-state index contributed by atoms with van der Waals surface area (Å²) in [5.41, 5.74) is 1.24. The quantitative estimate of drug-likeness (QED) is 0.768. The summed E-state index contributed by atoms with van der Waals surface area (Å²) in [5, 5.41) is 8.86.